The molecule has 0 bridgehead atoms. The van der Waals surface area contributed by atoms with Gasteiger partial charge in [0.2, 0.25) is 0 Å². The Bertz CT molecular complexity index is 1510. The predicted octanol–water partition coefficient (Wildman–Crippen LogP) is 6.23. The van der Waals surface area contributed by atoms with Crippen LogP contribution in [0.2, 0.25) is 0 Å². The van der Waals surface area contributed by atoms with Crippen molar-refractivity contribution in [3.8, 4) is 11.3 Å². The Balaban J connectivity index is 1.28. The Morgan fingerprint density at radius 1 is 1.08 bits per heavy atom. The SMILES string of the molecule is C=C(c1cc(N2CC(F)C2)n2nc(-c3ccc(C4CC4)cc3F)cc2n1)N1CC(F)C2=C(CCC=C2)C1C. The van der Waals surface area contributed by atoms with Gasteiger partial charge in [0.15, 0.2) is 5.65 Å². The van der Waals surface area contributed by atoms with E-state index in [0.717, 1.165) is 42.4 Å². The van der Waals surface area contributed by atoms with Crippen molar-refractivity contribution >= 4 is 17.2 Å². The van der Waals surface area contributed by atoms with Crippen molar-refractivity contribution in [3.63, 3.8) is 0 Å². The van der Waals surface area contributed by atoms with E-state index in [0.29, 0.717) is 40.0 Å². The van der Waals surface area contributed by atoms with Gasteiger partial charge in [0.1, 0.15) is 24.0 Å². The number of hydrogen-bond acceptors (Lipinski definition) is 4. The summed E-state index contributed by atoms with van der Waals surface area (Å²) in [7, 11) is 0. The van der Waals surface area contributed by atoms with Gasteiger partial charge in [-0.15, -0.1) is 0 Å². The number of nitrogens with zero attached hydrogens (tertiary/aromatic N) is 5. The number of benzene rings is 1. The zero-order chi connectivity index (χ0) is 26.1. The highest BCUT2D eigenvalue weighted by atomic mass is 19.1. The number of fused-ring (bicyclic) bond motifs is 1. The minimum Gasteiger partial charge on any atom is -0.361 e. The molecule has 2 unspecified atom stereocenters. The molecule has 2 aromatic heterocycles. The van der Waals surface area contributed by atoms with Crippen LogP contribution in [0.15, 0.2) is 60.2 Å². The third kappa shape index (κ3) is 3.84. The standard InChI is InChI=1S/C30H30F3N5/c1-17-22-5-3-4-6-23(22)26(33)16-37(17)18(2)27-13-30(36-14-21(31)15-36)38-29(34-27)12-28(35-38)24-10-9-20(11-25(24)32)19-7-8-19/h4,6,9-13,17,19,21,26H,2-3,5,7-8,14-16H2,1H3. The fourth-order valence-corrected chi connectivity index (χ4v) is 6.05. The fraction of sp³-hybridized carbons (Fsp3) is 0.400. The number of rotatable bonds is 5. The molecule has 0 spiro atoms. The molecule has 2 fully saturated rings. The molecule has 8 heteroatoms. The van der Waals surface area contributed by atoms with Gasteiger partial charge in [-0.1, -0.05) is 24.8 Å². The van der Waals surface area contributed by atoms with Crippen LogP contribution in [0.4, 0.5) is 19.0 Å². The van der Waals surface area contributed by atoms with Gasteiger partial charge < -0.3 is 9.80 Å². The van der Waals surface area contributed by atoms with Gasteiger partial charge in [-0.2, -0.15) is 9.61 Å². The maximum Gasteiger partial charge on any atom is 0.158 e. The van der Waals surface area contributed by atoms with Crippen LogP contribution < -0.4 is 4.90 Å². The quantitative estimate of drug-likeness (QED) is 0.402. The van der Waals surface area contributed by atoms with Crippen molar-refractivity contribution in [2.45, 2.75) is 56.9 Å². The molecule has 3 aromatic rings. The van der Waals surface area contributed by atoms with E-state index < -0.39 is 12.3 Å². The molecular weight excluding hydrogens is 487 g/mol. The van der Waals surface area contributed by atoms with E-state index in [1.165, 1.54) is 0 Å². The van der Waals surface area contributed by atoms with Crippen molar-refractivity contribution in [2.24, 2.45) is 0 Å². The van der Waals surface area contributed by atoms with E-state index in [-0.39, 0.29) is 31.5 Å². The molecule has 1 saturated heterocycles. The second-order valence-electron chi connectivity index (χ2n) is 11.0. The number of aromatic nitrogens is 3. The predicted molar refractivity (Wildman–Crippen MR) is 143 cm³/mol. The third-order valence-electron chi connectivity index (χ3n) is 8.44. The molecule has 4 aliphatic rings. The lowest BCUT2D eigenvalue weighted by Crippen LogP contribution is -2.49. The van der Waals surface area contributed by atoms with Crippen LogP contribution in [-0.4, -0.2) is 57.5 Å². The van der Waals surface area contributed by atoms with E-state index in [1.807, 2.05) is 34.1 Å². The van der Waals surface area contributed by atoms with Crippen molar-refractivity contribution in [1.29, 1.82) is 0 Å². The van der Waals surface area contributed by atoms with E-state index in [1.54, 1.807) is 22.7 Å². The monoisotopic (exact) mass is 517 g/mol. The summed E-state index contributed by atoms with van der Waals surface area (Å²) in [5, 5.41) is 4.69. The number of halogens is 3. The molecule has 0 N–H and O–H groups in total. The lowest BCUT2D eigenvalue weighted by molar-refractivity contribution is 0.227. The highest BCUT2D eigenvalue weighted by Gasteiger charge is 2.35. The van der Waals surface area contributed by atoms with Crippen LogP contribution in [0.1, 0.15) is 49.8 Å². The summed E-state index contributed by atoms with van der Waals surface area (Å²) < 4.78 is 45.8. The van der Waals surface area contributed by atoms with Gasteiger partial charge >= 0.3 is 0 Å². The van der Waals surface area contributed by atoms with Crippen molar-refractivity contribution < 1.29 is 13.2 Å². The summed E-state index contributed by atoms with van der Waals surface area (Å²) in [6, 6.07) is 8.96. The largest absolute Gasteiger partial charge is 0.361 e. The average Bonchev–Trinajstić information content (AvgIpc) is 3.67. The lowest BCUT2D eigenvalue weighted by atomic mass is 9.85. The summed E-state index contributed by atoms with van der Waals surface area (Å²) in [5.74, 6) is 0.820. The molecule has 1 aromatic carbocycles. The van der Waals surface area contributed by atoms with E-state index in [2.05, 4.69) is 18.6 Å². The molecule has 38 heavy (non-hydrogen) atoms. The molecule has 7 rings (SSSR count). The van der Waals surface area contributed by atoms with Gasteiger partial charge in [0, 0.05) is 23.7 Å². The van der Waals surface area contributed by atoms with Gasteiger partial charge in [0.05, 0.1) is 36.7 Å². The smallest absolute Gasteiger partial charge is 0.158 e. The van der Waals surface area contributed by atoms with Crippen LogP contribution in [0.5, 0.6) is 0 Å². The summed E-state index contributed by atoms with van der Waals surface area (Å²) in [5.41, 5.74) is 5.52. The maximum atomic E-state index is 15.2. The van der Waals surface area contributed by atoms with Crippen LogP contribution in [0.3, 0.4) is 0 Å². The van der Waals surface area contributed by atoms with Gasteiger partial charge in [-0.3, -0.25) is 0 Å². The fourth-order valence-electron chi connectivity index (χ4n) is 6.05. The Morgan fingerprint density at radius 3 is 2.63 bits per heavy atom. The molecule has 2 atom stereocenters. The molecule has 0 amide bonds. The second kappa shape index (κ2) is 8.75. The van der Waals surface area contributed by atoms with E-state index >= 15 is 8.78 Å². The second-order valence-corrected chi connectivity index (χ2v) is 11.0. The molecule has 0 radical (unpaired) electrons. The Kier molecular flexibility index (Phi) is 5.42. The topological polar surface area (TPSA) is 36.7 Å². The Morgan fingerprint density at radius 2 is 1.89 bits per heavy atom. The van der Waals surface area contributed by atoms with Crippen LogP contribution in [-0.2, 0) is 0 Å². The van der Waals surface area contributed by atoms with E-state index in [9.17, 15) is 4.39 Å². The minimum atomic E-state index is -1.09. The molecule has 2 aliphatic heterocycles. The lowest BCUT2D eigenvalue weighted by Gasteiger charge is -2.41. The van der Waals surface area contributed by atoms with Crippen molar-refractivity contribution in [3.05, 3.63) is 77.3 Å². The summed E-state index contributed by atoms with van der Waals surface area (Å²) in [4.78, 5) is 8.70. The normalized spacial score (nSPS) is 23.7. The van der Waals surface area contributed by atoms with Crippen LogP contribution in [0, 0.1) is 5.82 Å². The van der Waals surface area contributed by atoms with Crippen molar-refractivity contribution in [2.75, 3.05) is 24.5 Å². The number of anilines is 1. The first-order valence-corrected chi connectivity index (χ1v) is 13.5. The van der Waals surface area contributed by atoms with Gasteiger partial charge in [-0.25, -0.2) is 18.2 Å². The Labute approximate surface area is 220 Å². The van der Waals surface area contributed by atoms with Crippen LogP contribution in [0.25, 0.3) is 22.6 Å². The molecule has 5 nitrogen and oxygen atoms in total. The highest BCUT2D eigenvalue weighted by molar-refractivity contribution is 5.71. The number of allylic oxidation sites excluding steroid dienone is 2. The first-order chi connectivity index (χ1) is 18.4. The zero-order valence-electron chi connectivity index (χ0n) is 21.4. The summed E-state index contributed by atoms with van der Waals surface area (Å²) in [6.45, 7) is 7.10. The molecule has 2 aliphatic carbocycles. The molecule has 196 valence electrons. The first kappa shape index (κ1) is 23.6. The first-order valence-electron chi connectivity index (χ1n) is 13.5. The molecule has 1 saturated carbocycles. The summed E-state index contributed by atoms with van der Waals surface area (Å²) >= 11 is 0. The third-order valence-corrected chi connectivity index (χ3v) is 8.44. The summed E-state index contributed by atoms with van der Waals surface area (Å²) in [6.07, 6.45) is 5.89. The molecular formula is C30H30F3N5. The average molecular weight is 518 g/mol. The minimum absolute atomic E-state index is 0.00490. The van der Waals surface area contributed by atoms with Gasteiger partial charge in [0.25, 0.3) is 0 Å². The zero-order valence-corrected chi connectivity index (χ0v) is 21.4. The van der Waals surface area contributed by atoms with Gasteiger partial charge in [-0.05, 0) is 67.4 Å². The van der Waals surface area contributed by atoms with E-state index in [4.69, 9.17) is 4.98 Å². The molecule has 4 heterocycles. The van der Waals surface area contributed by atoms with Crippen molar-refractivity contribution in [1.82, 2.24) is 19.5 Å². The maximum absolute atomic E-state index is 15.2. The highest BCUT2D eigenvalue weighted by Crippen LogP contribution is 2.41. The van der Waals surface area contributed by atoms with Crippen LogP contribution >= 0.6 is 0 Å². The number of hydrogen-bond donors (Lipinski definition) is 0. The Hall–Kier alpha value is -3.55. The number of alkyl halides is 2.